The number of benzene rings is 2. The van der Waals surface area contributed by atoms with E-state index in [4.69, 9.17) is 9.88 Å². The molecule has 174 valence electrons. The first-order valence-electron chi connectivity index (χ1n) is 11.0. The lowest BCUT2D eigenvalue weighted by molar-refractivity contribution is -0.121. The first kappa shape index (κ1) is 23.2. The van der Waals surface area contributed by atoms with Crippen LogP contribution in [0.1, 0.15) is 51.5 Å². The number of hydrogen-bond donors (Lipinski definition) is 1. The van der Waals surface area contributed by atoms with Gasteiger partial charge in [-0.2, -0.15) is 0 Å². The second kappa shape index (κ2) is 8.43. The van der Waals surface area contributed by atoms with Crippen molar-refractivity contribution in [2.45, 2.75) is 50.8 Å². The maximum absolute atomic E-state index is 13.5. The van der Waals surface area contributed by atoms with Crippen LogP contribution in [0.2, 0.25) is 0 Å². The Hall–Kier alpha value is -2.97. The summed E-state index contributed by atoms with van der Waals surface area (Å²) >= 11 is 0. The number of ether oxygens (including phenoxy) is 1. The minimum Gasteiger partial charge on any atom is -0.494 e. The third-order valence-corrected chi connectivity index (χ3v) is 7.09. The highest BCUT2D eigenvalue weighted by Gasteiger charge is 2.45. The van der Waals surface area contributed by atoms with E-state index in [1.54, 1.807) is 17.0 Å². The molecule has 1 aliphatic carbocycles. The van der Waals surface area contributed by atoms with Crippen molar-refractivity contribution < 1.29 is 22.7 Å². The van der Waals surface area contributed by atoms with Crippen LogP contribution in [-0.4, -0.2) is 26.7 Å². The molecule has 1 aliphatic heterocycles. The van der Waals surface area contributed by atoms with Crippen molar-refractivity contribution in [2.75, 3.05) is 11.5 Å². The molecule has 0 saturated heterocycles. The first-order valence-corrected chi connectivity index (χ1v) is 12.5. The van der Waals surface area contributed by atoms with E-state index in [0.29, 0.717) is 42.2 Å². The third-order valence-electron chi connectivity index (χ3n) is 6.16. The largest absolute Gasteiger partial charge is 0.494 e. The van der Waals surface area contributed by atoms with Gasteiger partial charge in [0.1, 0.15) is 5.75 Å². The lowest BCUT2D eigenvalue weighted by Gasteiger charge is -2.43. The molecule has 0 bridgehead atoms. The second-order valence-corrected chi connectivity index (χ2v) is 10.9. The zero-order valence-electron chi connectivity index (χ0n) is 19.0. The summed E-state index contributed by atoms with van der Waals surface area (Å²) in [6, 6.07) is 13.4. The quantitative estimate of drug-likeness (QED) is 0.716. The summed E-state index contributed by atoms with van der Waals surface area (Å²) in [6.07, 6.45) is 1.06. The number of rotatable bonds is 5. The van der Waals surface area contributed by atoms with E-state index in [9.17, 15) is 18.0 Å². The maximum Gasteiger partial charge on any atom is 0.238 e. The van der Waals surface area contributed by atoms with Crippen LogP contribution in [-0.2, 0) is 19.6 Å². The number of sulfonamides is 1. The average Bonchev–Trinajstić information content (AvgIpc) is 2.72. The average molecular weight is 469 g/mol. The van der Waals surface area contributed by atoms with E-state index < -0.39 is 15.9 Å². The lowest BCUT2D eigenvalue weighted by atomic mass is 9.69. The van der Waals surface area contributed by atoms with Crippen molar-refractivity contribution in [3.63, 3.8) is 0 Å². The summed E-state index contributed by atoms with van der Waals surface area (Å²) in [5, 5.41) is 5.22. The molecule has 1 amide bonds. The molecule has 2 aliphatic rings. The maximum atomic E-state index is 13.5. The van der Waals surface area contributed by atoms with Crippen LogP contribution in [0.5, 0.6) is 5.75 Å². The number of primary sulfonamides is 1. The fraction of sp³-hybridized carbons (Fsp3) is 0.360. The van der Waals surface area contributed by atoms with Gasteiger partial charge in [0, 0.05) is 41.3 Å². The number of carbonyl (C=O) groups is 2. The molecule has 0 spiro atoms. The zero-order chi connectivity index (χ0) is 24.0. The van der Waals surface area contributed by atoms with Gasteiger partial charge >= 0.3 is 0 Å². The molecular weight excluding hydrogens is 440 g/mol. The number of Topliss-reactive ketones (excluding diaryl/α,β-unsaturated/α-hetero) is 1. The summed E-state index contributed by atoms with van der Waals surface area (Å²) < 4.78 is 29.1. The first-order chi connectivity index (χ1) is 15.5. The van der Waals surface area contributed by atoms with E-state index in [1.807, 2.05) is 45.0 Å². The number of ketones is 1. The topological polar surface area (TPSA) is 107 Å². The number of allylic oxidation sites excluding steroid dienone is 2. The molecule has 0 aromatic heterocycles. The van der Waals surface area contributed by atoms with E-state index in [-0.39, 0.29) is 28.4 Å². The number of nitrogens with zero attached hydrogens (tertiary/aromatic N) is 1. The van der Waals surface area contributed by atoms with Crippen molar-refractivity contribution in [2.24, 2.45) is 10.6 Å². The molecule has 1 unspecified atom stereocenters. The Morgan fingerprint density at radius 2 is 1.73 bits per heavy atom. The monoisotopic (exact) mass is 468 g/mol. The minimum atomic E-state index is -3.85. The Labute approximate surface area is 194 Å². The van der Waals surface area contributed by atoms with Gasteiger partial charge in [0.2, 0.25) is 15.9 Å². The van der Waals surface area contributed by atoms with Gasteiger partial charge < -0.3 is 4.74 Å². The van der Waals surface area contributed by atoms with Crippen LogP contribution in [0.3, 0.4) is 0 Å². The molecule has 2 N–H and O–H groups in total. The van der Waals surface area contributed by atoms with Crippen LogP contribution in [0, 0.1) is 5.41 Å². The molecule has 1 atom stereocenters. The van der Waals surface area contributed by atoms with Crippen molar-refractivity contribution in [1.29, 1.82) is 0 Å². The summed E-state index contributed by atoms with van der Waals surface area (Å²) in [7, 11) is -3.85. The molecule has 4 rings (SSSR count). The summed E-state index contributed by atoms with van der Waals surface area (Å²) in [5.74, 6) is 0.155. The van der Waals surface area contributed by atoms with Gasteiger partial charge in [0.15, 0.2) is 5.78 Å². The zero-order valence-corrected chi connectivity index (χ0v) is 19.8. The molecule has 0 radical (unpaired) electrons. The lowest BCUT2D eigenvalue weighted by Crippen LogP contribution is -2.43. The van der Waals surface area contributed by atoms with Crippen LogP contribution >= 0.6 is 0 Å². The summed E-state index contributed by atoms with van der Waals surface area (Å²) in [4.78, 5) is 28.5. The van der Waals surface area contributed by atoms with Crippen LogP contribution in [0.4, 0.5) is 5.69 Å². The molecule has 0 fully saturated rings. The molecule has 2 aromatic carbocycles. The highest BCUT2D eigenvalue weighted by atomic mass is 32.2. The summed E-state index contributed by atoms with van der Waals surface area (Å²) in [6.45, 7) is 6.40. The van der Waals surface area contributed by atoms with Crippen molar-refractivity contribution in [1.82, 2.24) is 0 Å². The Bertz CT molecular complexity index is 1250. The Kier molecular flexibility index (Phi) is 5.92. The SMILES string of the molecule is CCOc1ccccc1C1CC(=O)N(c2ccc(S(N)(=O)=O)cc2)C2=C1C(=O)CC(C)(C)C2. The predicted octanol–water partition coefficient (Wildman–Crippen LogP) is 3.90. The smallest absolute Gasteiger partial charge is 0.238 e. The number of para-hydroxylation sites is 1. The highest BCUT2D eigenvalue weighted by Crippen LogP contribution is 2.49. The van der Waals surface area contributed by atoms with E-state index in [2.05, 4.69) is 0 Å². The van der Waals surface area contributed by atoms with Gasteiger partial charge in [-0.3, -0.25) is 14.5 Å². The van der Waals surface area contributed by atoms with Crippen molar-refractivity contribution in [3.8, 4) is 5.75 Å². The molecule has 1 heterocycles. The van der Waals surface area contributed by atoms with E-state index in [1.165, 1.54) is 12.1 Å². The number of hydrogen-bond acceptors (Lipinski definition) is 5. The number of anilines is 1. The number of amides is 1. The van der Waals surface area contributed by atoms with Gasteiger partial charge in [0.25, 0.3) is 0 Å². The molecule has 33 heavy (non-hydrogen) atoms. The minimum absolute atomic E-state index is 0.0243. The predicted molar refractivity (Wildman–Crippen MR) is 125 cm³/mol. The van der Waals surface area contributed by atoms with Crippen LogP contribution in [0.25, 0.3) is 0 Å². The number of nitrogens with two attached hydrogens (primary N) is 1. The van der Waals surface area contributed by atoms with Crippen molar-refractivity contribution in [3.05, 3.63) is 65.4 Å². The van der Waals surface area contributed by atoms with E-state index in [0.717, 1.165) is 5.56 Å². The van der Waals surface area contributed by atoms with Gasteiger partial charge in [-0.25, -0.2) is 13.6 Å². The molecule has 0 saturated carbocycles. The molecule has 8 heteroatoms. The Balaban J connectivity index is 1.88. The van der Waals surface area contributed by atoms with Gasteiger partial charge in [-0.1, -0.05) is 32.0 Å². The standard InChI is InChI=1S/C25H28N2O5S/c1-4-32-22-8-6-5-7-18(22)19-13-23(29)27(16-9-11-17(12-10-16)33(26,30)31)20-14-25(2,3)15-21(28)24(19)20/h5-12,19H,4,13-15H2,1-3H3,(H2,26,30,31). The second-order valence-electron chi connectivity index (χ2n) is 9.30. The molecule has 7 nitrogen and oxygen atoms in total. The summed E-state index contributed by atoms with van der Waals surface area (Å²) in [5.41, 5.74) is 2.35. The third kappa shape index (κ3) is 4.45. The number of carbonyl (C=O) groups excluding carboxylic acids is 2. The highest BCUT2D eigenvalue weighted by molar-refractivity contribution is 7.89. The van der Waals surface area contributed by atoms with Crippen LogP contribution < -0.4 is 14.8 Å². The van der Waals surface area contributed by atoms with Crippen molar-refractivity contribution >= 4 is 27.4 Å². The van der Waals surface area contributed by atoms with Gasteiger partial charge in [-0.05, 0) is 49.1 Å². The normalized spacial score (nSPS) is 20.6. The van der Waals surface area contributed by atoms with Crippen LogP contribution in [0.15, 0.2) is 64.7 Å². The molecular formula is C25H28N2O5S. The van der Waals surface area contributed by atoms with Gasteiger partial charge in [-0.15, -0.1) is 0 Å². The fourth-order valence-electron chi connectivity index (χ4n) is 4.82. The van der Waals surface area contributed by atoms with Gasteiger partial charge in [0.05, 0.1) is 11.5 Å². The van der Waals surface area contributed by atoms with E-state index >= 15 is 0 Å². The molecule has 2 aromatic rings. The fourth-order valence-corrected chi connectivity index (χ4v) is 5.34. The Morgan fingerprint density at radius 1 is 1.06 bits per heavy atom. The Morgan fingerprint density at radius 3 is 2.36 bits per heavy atom.